The number of ether oxygens (including phenoxy) is 3. The summed E-state index contributed by atoms with van der Waals surface area (Å²) in [4.78, 5) is 12.6. The standard InChI is InChI=1S/C34H42O4/c1-4-6-7-10-25-36-31-19-17-29(18-20-31)28-13-15-30(16-14-28)34(35)38-33-23-21-32(22-24-33)37-26-11-8-9-12-27(3)5-2/h4,13-24,27H,1,5-12,25-26H2,2-3H3. The highest BCUT2D eigenvalue weighted by molar-refractivity contribution is 5.91. The van der Waals surface area contributed by atoms with Crippen LogP contribution < -0.4 is 14.2 Å². The molecule has 3 rings (SSSR count). The van der Waals surface area contributed by atoms with Gasteiger partial charge in [-0.1, -0.05) is 69.9 Å². The number of unbranched alkanes of at least 4 members (excludes halogenated alkanes) is 4. The number of benzene rings is 3. The fourth-order valence-electron chi connectivity index (χ4n) is 4.06. The van der Waals surface area contributed by atoms with Crippen LogP contribution in [0.2, 0.25) is 0 Å². The third-order valence-electron chi connectivity index (χ3n) is 6.72. The van der Waals surface area contributed by atoms with E-state index in [4.69, 9.17) is 14.2 Å². The van der Waals surface area contributed by atoms with Crippen molar-refractivity contribution in [3.63, 3.8) is 0 Å². The number of hydrogen-bond acceptors (Lipinski definition) is 4. The van der Waals surface area contributed by atoms with Crippen molar-refractivity contribution in [2.24, 2.45) is 5.92 Å². The maximum Gasteiger partial charge on any atom is 0.343 e. The Bertz CT molecular complexity index is 1080. The van der Waals surface area contributed by atoms with Crippen LogP contribution >= 0.6 is 0 Å². The van der Waals surface area contributed by atoms with Crippen molar-refractivity contribution >= 4 is 5.97 Å². The second-order valence-electron chi connectivity index (χ2n) is 9.81. The normalized spacial score (nSPS) is 11.5. The molecule has 0 spiro atoms. The van der Waals surface area contributed by atoms with E-state index in [9.17, 15) is 4.79 Å². The average Bonchev–Trinajstić information content (AvgIpc) is 2.96. The first-order valence-corrected chi connectivity index (χ1v) is 14.0. The summed E-state index contributed by atoms with van der Waals surface area (Å²) in [5.74, 6) is 2.58. The van der Waals surface area contributed by atoms with Crippen molar-refractivity contribution < 1.29 is 19.0 Å². The largest absolute Gasteiger partial charge is 0.494 e. The second-order valence-corrected chi connectivity index (χ2v) is 9.81. The number of esters is 1. The molecule has 0 saturated heterocycles. The zero-order chi connectivity index (χ0) is 27.0. The fourth-order valence-corrected chi connectivity index (χ4v) is 4.06. The number of hydrogen-bond donors (Lipinski definition) is 0. The van der Waals surface area contributed by atoms with Gasteiger partial charge in [-0.3, -0.25) is 0 Å². The zero-order valence-electron chi connectivity index (χ0n) is 23.0. The van der Waals surface area contributed by atoms with E-state index < -0.39 is 0 Å². The van der Waals surface area contributed by atoms with Crippen LogP contribution in [0.5, 0.6) is 17.2 Å². The highest BCUT2D eigenvalue weighted by Crippen LogP contribution is 2.24. The lowest BCUT2D eigenvalue weighted by atomic mass is 10.0. The first-order valence-electron chi connectivity index (χ1n) is 14.0. The van der Waals surface area contributed by atoms with Crippen molar-refractivity contribution in [3.8, 4) is 28.4 Å². The van der Waals surface area contributed by atoms with E-state index in [0.29, 0.717) is 24.5 Å². The third kappa shape index (κ3) is 10.1. The maximum atomic E-state index is 12.6. The molecule has 4 nitrogen and oxygen atoms in total. The minimum absolute atomic E-state index is 0.383. The fraction of sp³-hybridized carbons (Fsp3) is 0.382. The lowest BCUT2D eigenvalue weighted by Crippen LogP contribution is -2.08. The molecule has 0 amide bonds. The Morgan fingerprint density at radius 2 is 1.26 bits per heavy atom. The summed E-state index contributed by atoms with van der Waals surface area (Å²) < 4.78 is 17.2. The van der Waals surface area contributed by atoms with E-state index in [1.165, 1.54) is 25.7 Å². The zero-order valence-corrected chi connectivity index (χ0v) is 23.0. The van der Waals surface area contributed by atoms with Gasteiger partial charge in [-0.15, -0.1) is 6.58 Å². The Morgan fingerprint density at radius 1 is 0.737 bits per heavy atom. The summed E-state index contributed by atoms with van der Waals surface area (Å²) in [6, 6.07) is 22.7. The number of rotatable bonds is 17. The minimum atomic E-state index is -0.383. The summed E-state index contributed by atoms with van der Waals surface area (Å²) in [5.41, 5.74) is 2.60. The summed E-state index contributed by atoms with van der Waals surface area (Å²) in [7, 11) is 0. The van der Waals surface area contributed by atoms with Crippen LogP contribution in [0, 0.1) is 5.92 Å². The first-order chi connectivity index (χ1) is 18.6. The van der Waals surface area contributed by atoms with Crippen LogP contribution in [0.25, 0.3) is 11.1 Å². The van der Waals surface area contributed by atoms with Crippen LogP contribution in [0.4, 0.5) is 0 Å². The second kappa shape index (κ2) is 16.3. The molecule has 4 heteroatoms. The van der Waals surface area contributed by atoms with Gasteiger partial charge in [-0.25, -0.2) is 4.79 Å². The average molecular weight is 515 g/mol. The lowest BCUT2D eigenvalue weighted by molar-refractivity contribution is 0.0734. The summed E-state index contributed by atoms with van der Waals surface area (Å²) >= 11 is 0. The van der Waals surface area contributed by atoms with E-state index in [2.05, 4.69) is 20.4 Å². The Hall–Kier alpha value is -3.53. The Morgan fingerprint density at radius 3 is 1.84 bits per heavy atom. The van der Waals surface area contributed by atoms with Gasteiger partial charge in [-0.05, 0) is 91.3 Å². The molecule has 0 heterocycles. The topological polar surface area (TPSA) is 44.8 Å². The predicted octanol–water partition coefficient (Wildman–Crippen LogP) is 9.29. The molecular formula is C34H42O4. The first kappa shape index (κ1) is 29.0. The molecule has 0 radical (unpaired) electrons. The van der Waals surface area contributed by atoms with Crippen LogP contribution in [-0.4, -0.2) is 19.2 Å². The van der Waals surface area contributed by atoms with Crippen LogP contribution in [0.3, 0.4) is 0 Å². The van der Waals surface area contributed by atoms with Crippen molar-refractivity contribution in [2.45, 2.75) is 65.2 Å². The quantitative estimate of drug-likeness (QED) is 0.0779. The highest BCUT2D eigenvalue weighted by Gasteiger charge is 2.10. The highest BCUT2D eigenvalue weighted by atomic mass is 16.5. The molecule has 202 valence electrons. The van der Waals surface area contributed by atoms with Gasteiger partial charge in [-0.2, -0.15) is 0 Å². The number of carbonyl (C=O) groups excluding carboxylic acids is 1. The molecular weight excluding hydrogens is 472 g/mol. The molecule has 1 atom stereocenters. The van der Waals surface area contributed by atoms with Gasteiger partial charge in [0, 0.05) is 0 Å². The monoisotopic (exact) mass is 514 g/mol. The van der Waals surface area contributed by atoms with E-state index in [0.717, 1.165) is 54.2 Å². The molecule has 0 aliphatic carbocycles. The predicted molar refractivity (Wildman–Crippen MR) is 156 cm³/mol. The molecule has 3 aromatic rings. The van der Waals surface area contributed by atoms with Crippen molar-refractivity contribution in [3.05, 3.63) is 91.0 Å². The van der Waals surface area contributed by atoms with Crippen LogP contribution in [0.1, 0.15) is 75.6 Å². The maximum absolute atomic E-state index is 12.6. The Labute approximate surface area is 228 Å². The molecule has 0 N–H and O–H groups in total. The van der Waals surface area contributed by atoms with Gasteiger partial charge in [0.1, 0.15) is 17.2 Å². The number of allylic oxidation sites excluding steroid dienone is 1. The van der Waals surface area contributed by atoms with Crippen LogP contribution in [-0.2, 0) is 0 Å². The molecule has 0 aromatic heterocycles. The summed E-state index contributed by atoms with van der Waals surface area (Å²) in [6.45, 7) is 9.71. The molecule has 0 saturated carbocycles. The molecule has 0 aliphatic heterocycles. The van der Waals surface area contributed by atoms with Crippen molar-refractivity contribution in [1.82, 2.24) is 0 Å². The molecule has 3 aromatic carbocycles. The molecule has 38 heavy (non-hydrogen) atoms. The molecule has 0 aliphatic rings. The van der Waals surface area contributed by atoms with E-state index in [-0.39, 0.29) is 5.97 Å². The van der Waals surface area contributed by atoms with E-state index in [1.807, 2.05) is 54.6 Å². The van der Waals surface area contributed by atoms with Gasteiger partial charge in [0.25, 0.3) is 0 Å². The molecule has 0 fully saturated rings. The van der Waals surface area contributed by atoms with Gasteiger partial charge in [0.15, 0.2) is 0 Å². The van der Waals surface area contributed by atoms with E-state index >= 15 is 0 Å². The Balaban J connectivity index is 1.42. The van der Waals surface area contributed by atoms with Gasteiger partial charge >= 0.3 is 5.97 Å². The lowest BCUT2D eigenvalue weighted by Gasteiger charge is -2.10. The third-order valence-corrected chi connectivity index (χ3v) is 6.72. The summed E-state index contributed by atoms with van der Waals surface area (Å²) in [5, 5.41) is 0. The minimum Gasteiger partial charge on any atom is -0.494 e. The van der Waals surface area contributed by atoms with Gasteiger partial charge < -0.3 is 14.2 Å². The molecule has 0 bridgehead atoms. The van der Waals surface area contributed by atoms with Crippen LogP contribution in [0.15, 0.2) is 85.5 Å². The van der Waals surface area contributed by atoms with E-state index in [1.54, 1.807) is 24.3 Å². The summed E-state index contributed by atoms with van der Waals surface area (Å²) in [6.07, 6.45) is 11.1. The smallest absolute Gasteiger partial charge is 0.343 e. The Kier molecular flexibility index (Phi) is 12.5. The van der Waals surface area contributed by atoms with Gasteiger partial charge in [0.05, 0.1) is 18.8 Å². The van der Waals surface area contributed by atoms with Crippen molar-refractivity contribution in [2.75, 3.05) is 13.2 Å². The van der Waals surface area contributed by atoms with Crippen molar-refractivity contribution in [1.29, 1.82) is 0 Å². The number of carbonyl (C=O) groups is 1. The molecule has 1 unspecified atom stereocenters. The SMILES string of the molecule is C=CCCCCOc1ccc(-c2ccc(C(=O)Oc3ccc(OCCCCCC(C)CC)cc3)cc2)cc1. The van der Waals surface area contributed by atoms with Gasteiger partial charge in [0.2, 0.25) is 0 Å².